The number of benzene rings is 2. The smallest absolute Gasteiger partial charge is 0.202 e. The van der Waals surface area contributed by atoms with Crippen molar-refractivity contribution >= 4 is 11.0 Å². The number of piperidine rings is 1. The van der Waals surface area contributed by atoms with Crippen LogP contribution in [-0.4, -0.2) is 51.6 Å². The van der Waals surface area contributed by atoms with E-state index >= 15 is 0 Å². The lowest BCUT2D eigenvalue weighted by Crippen LogP contribution is -2.40. The van der Waals surface area contributed by atoms with Crippen molar-refractivity contribution in [2.24, 2.45) is 0 Å². The van der Waals surface area contributed by atoms with E-state index < -0.39 is 35.1 Å². The maximum Gasteiger partial charge on any atom is 0.202 e. The number of nitrogens with zero attached hydrogens (tertiary/aromatic N) is 1. The van der Waals surface area contributed by atoms with Crippen LogP contribution in [0.5, 0.6) is 11.5 Å². The van der Waals surface area contributed by atoms with Crippen LogP contribution in [0.2, 0.25) is 0 Å². The third-order valence-corrected chi connectivity index (χ3v) is 6.31. The highest BCUT2D eigenvalue weighted by molar-refractivity contribution is 5.89. The van der Waals surface area contributed by atoms with Crippen molar-refractivity contribution in [1.82, 2.24) is 4.90 Å². The van der Waals surface area contributed by atoms with Gasteiger partial charge in [-0.1, -0.05) is 12.1 Å². The van der Waals surface area contributed by atoms with Gasteiger partial charge in [0.2, 0.25) is 5.43 Å². The van der Waals surface area contributed by atoms with Crippen molar-refractivity contribution in [3.8, 4) is 11.5 Å². The van der Waals surface area contributed by atoms with Crippen LogP contribution >= 0.6 is 0 Å². The standard InChI is InChI=1S/C24H26FNO6/c1-11-8-13(4-5-15(11)25)22(30)19-12(2)32-24-20(14-6-7-26(3)10-18(14)29)16(27)9-17(28)21(24)23(19)31/h4-5,8-9,14,18,22,27-30H,6-7,10H2,1-3H3. The molecule has 1 aliphatic rings. The fraction of sp³-hybridized carbons (Fsp3) is 0.375. The zero-order valence-electron chi connectivity index (χ0n) is 18.1. The number of likely N-dealkylation sites (N-methyl/N-ethyl adjacent to an activating group) is 1. The average molecular weight is 443 g/mol. The summed E-state index contributed by atoms with van der Waals surface area (Å²) in [5, 5.41) is 42.4. The van der Waals surface area contributed by atoms with Gasteiger partial charge in [-0.3, -0.25) is 4.79 Å². The van der Waals surface area contributed by atoms with Gasteiger partial charge in [0.25, 0.3) is 0 Å². The molecule has 2 aromatic carbocycles. The van der Waals surface area contributed by atoms with E-state index in [-0.39, 0.29) is 33.6 Å². The largest absolute Gasteiger partial charge is 0.507 e. The zero-order chi connectivity index (χ0) is 23.3. The number of phenolic OH excluding ortho intramolecular Hbond substituents is 2. The number of aliphatic hydroxyl groups excluding tert-OH is 2. The molecule has 170 valence electrons. The van der Waals surface area contributed by atoms with Crippen LogP contribution in [-0.2, 0) is 0 Å². The van der Waals surface area contributed by atoms with Crippen LogP contribution in [0.25, 0.3) is 11.0 Å². The fourth-order valence-corrected chi connectivity index (χ4v) is 4.58. The third-order valence-electron chi connectivity index (χ3n) is 6.31. The van der Waals surface area contributed by atoms with Crippen molar-refractivity contribution in [1.29, 1.82) is 0 Å². The Morgan fingerprint density at radius 3 is 2.56 bits per heavy atom. The molecule has 1 aromatic heterocycles. The van der Waals surface area contributed by atoms with E-state index in [1.165, 1.54) is 25.1 Å². The zero-order valence-corrected chi connectivity index (χ0v) is 18.1. The van der Waals surface area contributed by atoms with E-state index in [1.54, 1.807) is 6.92 Å². The molecule has 2 heterocycles. The molecule has 8 heteroatoms. The first-order chi connectivity index (χ1) is 15.1. The molecule has 1 aliphatic heterocycles. The molecule has 1 fully saturated rings. The molecular weight excluding hydrogens is 417 g/mol. The second-order valence-corrected chi connectivity index (χ2v) is 8.57. The summed E-state index contributed by atoms with van der Waals surface area (Å²) in [6.45, 7) is 4.12. The van der Waals surface area contributed by atoms with E-state index in [0.29, 0.717) is 30.6 Å². The maximum absolute atomic E-state index is 13.7. The number of hydrogen-bond acceptors (Lipinski definition) is 7. The van der Waals surface area contributed by atoms with Gasteiger partial charge < -0.3 is 29.7 Å². The van der Waals surface area contributed by atoms with Crippen molar-refractivity contribution in [3.63, 3.8) is 0 Å². The molecule has 1 saturated heterocycles. The number of phenols is 2. The lowest BCUT2D eigenvalue weighted by atomic mass is 9.85. The highest BCUT2D eigenvalue weighted by Crippen LogP contribution is 2.42. The number of likely N-dealkylation sites (tertiary alicyclic amines) is 1. The van der Waals surface area contributed by atoms with Gasteiger partial charge >= 0.3 is 0 Å². The Balaban J connectivity index is 1.92. The first-order valence-corrected chi connectivity index (χ1v) is 10.4. The van der Waals surface area contributed by atoms with Gasteiger partial charge in [0.05, 0.1) is 11.7 Å². The van der Waals surface area contributed by atoms with Crippen LogP contribution in [0.1, 0.15) is 46.5 Å². The molecule has 32 heavy (non-hydrogen) atoms. The molecule has 3 atom stereocenters. The highest BCUT2D eigenvalue weighted by Gasteiger charge is 2.34. The van der Waals surface area contributed by atoms with Gasteiger partial charge in [0.1, 0.15) is 40.1 Å². The normalized spacial score (nSPS) is 20.6. The number of halogens is 1. The molecule has 3 unspecified atom stereocenters. The monoisotopic (exact) mass is 443 g/mol. The van der Waals surface area contributed by atoms with Gasteiger partial charge in [-0.15, -0.1) is 0 Å². The van der Waals surface area contributed by atoms with Crippen LogP contribution in [0.4, 0.5) is 4.39 Å². The Kier molecular flexibility index (Phi) is 5.70. The second kappa shape index (κ2) is 8.20. The minimum atomic E-state index is -1.40. The molecule has 0 saturated carbocycles. The summed E-state index contributed by atoms with van der Waals surface area (Å²) in [5.74, 6) is -1.58. The summed E-state index contributed by atoms with van der Waals surface area (Å²) in [5.41, 5.74) is 0.138. The number of aliphatic hydroxyl groups is 2. The van der Waals surface area contributed by atoms with Gasteiger partial charge in [-0.2, -0.15) is 0 Å². The summed E-state index contributed by atoms with van der Waals surface area (Å²) in [6.07, 6.45) is -1.68. The van der Waals surface area contributed by atoms with Crippen molar-refractivity contribution in [3.05, 3.63) is 68.3 Å². The highest BCUT2D eigenvalue weighted by atomic mass is 19.1. The molecule has 4 rings (SSSR count). The predicted octanol–water partition coefficient (Wildman–Crippen LogP) is 2.82. The number of rotatable bonds is 3. The molecule has 0 bridgehead atoms. The summed E-state index contributed by atoms with van der Waals surface area (Å²) in [6, 6.07) is 5.10. The van der Waals surface area contributed by atoms with Crippen molar-refractivity contribution < 1.29 is 29.2 Å². The summed E-state index contributed by atoms with van der Waals surface area (Å²) in [4.78, 5) is 15.4. The first kappa shape index (κ1) is 22.3. The van der Waals surface area contributed by atoms with Gasteiger partial charge in [0, 0.05) is 24.1 Å². The number of fused-ring (bicyclic) bond motifs is 1. The van der Waals surface area contributed by atoms with E-state index in [9.17, 15) is 29.6 Å². The molecule has 3 aromatic rings. The van der Waals surface area contributed by atoms with Crippen molar-refractivity contribution in [2.45, 2.75) is 38.4 Å². The molecule has 0 radical (unpaired) electrons. The predicted molar refractivity (Wildman–Crippen MR) is 117 cm³/mol. The average Bonchev–Trinajstić information content (AvgIpc) is 2.70. The van der Waals surface area contributed by atoms with Crippen LogP contribution in [0.15, 0.2) is 33.5 Å². The van der Waals surface area contributed by atoms with E-state index in [1.807, 2.05) is 11.9 Å². The summed E-state index contributed by atoms with van der Waals surface area (Å²) < 4.78 is 19.6. The minimum absolute atomic E-state index is 0.00941. The molecule has 0 spiro atoms. The Morgan fingerprint density at radius 1 is 1.19 bits per heavy atom. The Hall–Kier alpha value is -2.94. The van der Waals surface area contributed by atoms with E-state index in [2.05, 4.69) is 0 Å². The van der Waals surface area contributed by atoms with Gasteiger partial charge in [0.15, 0.2) is 0 Å². The molecule has 0 aliphatic carbocycles. The molecule has 4 N–H and O–H groups in total. The second-order valence-electron chi connectivity index (χ2n) is 8.57. The lowest BCUT2D eigenvalue weighted by Gasteiger charge is -2.34. The summed E-state index contributed by atoms with van der Waals surface area (Å²) >= 11 is 0. The fourth-order valence-electron chi connectivity index (χ4n) is 4.58. The first-order valence-electron chi connectivity index (χ1n) is 10.4. The Bertz CT molecular complexity index is 1250. The molecule has 7 nitrogen and oxygen atoms in total. The van der Waals surface area contributed by atoms with Gasteiger partial charge in [-0.25, -0.2) is 4.39 Å². The van der Waals surface area contributed by atoms with Crippen LogP contribution in [0, 0.1) is 19.7 Å². The lowest BCUT2D eigenvalue weighted by molar-refractivity contribution is 0.0630. The number of β-amino-alcohol motifs (C(OH)–C–C–N with tert-alkyl or cyclic N) is 1. The van der Waals surface area contributed by atoms with E-state index in [4.69, 9.17) is 4.42 Å². The SMILES string of the molecule is Cc1cc(C(O)c2c(C)oc3c(C4CCN(C)CC4O)c(O)cc(O)c3c2=O)ccc1F. The van der Waals surface area contributed by atoms with Gasteiger partial charge in [-0.05, 0) is 51.1 Å². The number of aromatic hydroxyl groups is 2. The summed E-state index contributed by atoms with van der Waals surface area (Å²) in [7, 11) is 1.88. The van der Waals surface area contributed by atoms with Crippen molar-refractivity contribution in [2.75, 3.05) is 20.1 Å². The maximum atomic E-state index is 13.7. The topological polar surface area (TPSA) is 114 Å². The number of aryl methyl sites for hydroxylation is 2. The molecule has 0 amide bonds. The van der Waals surface area contributed by atoms with Crippen LogP contribution in [0.3, 0.4) is 0 Å². The Labute approximate surface area is 184 Å². The quantitative estimate of drug-likeness (QED) is 0.492. The number of hydrogen-bond donors (Lipinski definition) is 4. The minimum Gasteiger partial charge on any atom is -0.507 e. The third kappa shape index (κ3) is 3.64. The van der Waals surface area contributed by atoms with E-state index in [0.717, 1.165) is 6.07 Å². The Morgan fingerprint density at radius 2 is 1.91 bits per heavy atom. The molecular formula is C24H26FNO6. The van der Waals surface area contributed by atoms with Crippen LogP contribution < -0.4 is 5.43 Å².